The van der Waals surface area contributed by atoms with Crippen LogP contribution in [0.3, 0.4) is 0 Å². The zero-order chi connectivity index (χ0) is 15.6. The topological polar surface area (TPSA) is 37.0 Å². The Kier molecular flexibility index (Phi) is 4.64. The second kappa shape index (κ2) is 6.12. The van der Waals surface area contributed by atoms with Crippen molar-refractivity contribution in [3.63, 3.8) is 0 Å². The third-order valence-corrected chi connectivity index (χ3v) is 4.36. The molecule has 1 aromatic rings. The first-order valence-corrected chi connectivity index (χ1v) is 7.33. The van der Waals surface area contributed by atoms with E-state index in [2.05, 4.69) is 29.5 Å². The van der Waals surface area contributed by atoms with Gasteiger partial charge in [-0.05, 0) is 43.2 Å². The van der Waals surface area contributed by atoms with Gasteiger partial charge >= 0.3 is 6.18 Å². The minimum Gasteiger partial charge on any atom is -0.373 e. The first kappa shape index (κ1) is 15.9. The molecule has 3 atom stereocenters. The molecule has 1 aliphatic rings. The molecular weight excluding hydrogens is 279 g/mol. The molecule has 0 radical (unpaired) electrons. The van der Waals surface area contributed by atoms with Crippen LogP contribution >= 0.6 is 0 Å². The van der Waals surface area contributed by atoms with Crippen LogP contribution in [0, 0.1) is 11.8 Å². The van der Waals surface area contributed by atoms with E-state index in [9.17, 15) is 13.2 Å². The molecule has 0 amide bonds. The molecule has 21 heavy (non-hydrogen) atoms. The third-order valence-electron chi connectivity index (χ3n) is 4.36. The van der Waals surface area contributed by atoms with Gasteiger partial charge < -0.3 is 10.6 Å². The van der Waals surface area contributed by atoms with Gasteiger partial charge in [0.2, 0.25) is 0 Å². The van der Waals surface area contributed by atoms with Crippen LogP contribution in [-0.2, 0) is 6.18 Å². The predicted molar refractivity (Wildman–Crippen MR) is 78.4 cm³/mol. The minimum atomic E-state index is -4.36. The molecular formula is C15H22F3N3. The molecule has 1 heterocycles. The van der Waals surface area contributed by atoms with E-state index >= 15 is 0 Å². The highest BCUT2D eigenvalue weighted by molar-refractivity contribution is 5.50. The maximum atomic E-state index is 12.9. The number of halogens is 3. The summed E-state index contributed by atoms with van der Waals surface area (Å²) < 4.78 is 38.7. The van der Waals surface area contributed by atoms with E-state index in [-0.39, 0.29) is 11.9 Å². The molecule has 2 N–H and O–H groups in total. The first-order valence-electron chi connectivity index (χ1n) is 7.33. The van der Waals surface area contributed by atoms with Crippen LogP contribution in [0.1, 0.15) is 38.7 Å². The molecule has 3 nitrogen and oxygen atoms in total. The lowest BCUT2D eigenvalue weighted by Crippen LogP contribution is -2.30. The molecule has 1 aromatic heterocycles. The Balaban J connectivity index is 2.16. The van der Waals surface area contributed by atoms with Crippen molar-refractivity contribution < 1.29 is 13.2 Å². The van der Waals surface area contributed by atoms with Crippen molar-refractivity contribution in [1.82, 2.24) is 4.98 Å². The molecule has 3 unspecified atom stereocenters. The second-order valence-corrected chi connectivity index (χ2v) is 5.98. The molecule has 0 aliphatic heterocycles. The zero-order valence-electron chi connectivity index (χ0n) is 12.6. The van der Waals surface area contributed by atoms with E-state index in [0.717, 1.165) is 31.4 Å². The van der Waals surface area contributed by atoms with Crippen LogP contribution in [0.15, 0.2) is 12.1 Å². The van der Waals surface area contributed by atoms with Crippen LogP contribution in [0.4, 0.5) is 24.8 Å². The van der Waals surface area contributed by atoms with Crippen LogP contribution in [0.25, 0.3) is 0 Å². The second-order valence-electron chi connectivity index (χ2n) is 5.98. The van der Waals surface area contributed by atoms with Crippen LogP contribution in [-0.4, -0.2) is 18.1 Å². The van der Waals surface area contributed by atoms with Gasteiger partial charge in [0.15, 0.2) is 0 Å². The predicted octanol–water partition coefficient (Wildman–Crippen LogP) is 4.38. The van der Waals surface area contributed by atoms with Crippen LogP contribution < -0.4 is 10.6 Å². The van der Waals surface area contributed by atoms with Crippen LogP contribution in [0.5, 0.6) is 0 Å². The molecule has 1 fully saturated rings. The maximum Gasteiger partial charge on any atom is 0.416 e. The fourth-order valence-corrected chi connectivity index (χ4v) is 2.78. The van der Waals surface area contributed by atoms with Gasteiger partial charge in [-0.15, -0.1) is 0 Å². The average Bonchev–Trinajstić information content (AvgIpc) is 2.41. The normalized spacial score (nSPS) is 26.5. The molecule has 0 bridgehead atoms. The number of pyridine rings is 1. The lowest BCUT2D eigenvalue weighted by molar-refractivity contribution is -0.137. The van der Waals surface area contributed by atoms with Crippen molar-refractivity contribution in [2.24, 2.45) is 11.8 Å². The zero-order valence-corrected chi connectivity index (χ0v) is 12.6. The van der Waals surface area contributed by atoms with Crippen molar-refractivity contribution in [2.45, 2.75) is 45.3 Å². The van der Waals surface area contributed by atoms with Gasteiger partial charge in [-0.1, -0.05) is 13.8 Å². The molecule has 118 valence electrons. The van der Waals surface area contributed by atoms with E-state index in [4.69, 9.17) is 0 Å². The Bertz CT molecular complexity index is 488. The number of alkyl halides is 3. The summed E-state index contributed by atoms with van der Waals surface area (Å²) in [5.74, 6) is 1.77. The van der Waals surface area contributed by atoms with Gasteiger partial charge in [0.1, 0.15) is 11.6 Å². The number of hydrogen-bond acceptors (Lipinski definition) is 3. The Hall–Kier alpha value is -1.46. The van der Waals surface area contributed by atoms with E-state index in [0.29, 0.717) is 17.7 Å². The standard InChI is InChI=1S/C15H22F3N3/c1-9-4-5-12(6-10(9)2)20-14-8-11(15(16,17)18)7-13(19-3)21-14/h7-10,12H,4-6H2,1-3H3,(H2,19,20,21). The highest BCUT2D eigenvalue weighted by atomic mass is 19.4. The lowest BCUT2D eigenvalue weighted by Gasteiger charge is -2.33. The summed E-state index contributed by atoms with van der Waals surface area (Å²) >= 11 is 0. The highest BCUT2D eigenvalue weighted by Gasteiger charge is 2.32. The number of nitrogens with zero attached hydrogens (tertiary/aromatic N) is 1. The summed E-state index contributed by atoms with van der Waals surface area (Å²) in [7, 11) is 1.57. The lowest BCUT2D eigenvalue weighted by atomic mass is 9.79. The Labute approximate surface area is 123 Å². The largest absolute Gasteiger partial charge is 0.416 e. The number of aromatic nitrogens is 1. The van der Waals surface area contributed by atoms with E-state index in [1.165, 1.54) is 0 Å². The van der Waals surface area contributed by atoms with Crippen molar-refractivity contribution in [1.29, 1.82) is 0 Å². The summed E-state index contributed by atoms with van der Waals surface area (Å²) in [6.07, 6.45) is -1.33. The molecule has 1 saturated carbocycles. The summed E-state index contributed by atoms with van der Waals surface area (Å²) in [5, 5.41) is 5.85. The number of nitrogens with one attached hydrogen (secondary N) is 2. The first-order chi connectivity index (χ1) is 9.79. The van der Waals surface area contributed by atoms with Crippen molar-refractivity contribution in [2.75, 3.05) is 17.7 Å². The smallest absolute Gasteiger partial charge is 0.373 e. The SMILES string of the molecule is CNc1cc(C(F)(F)F)cc(NC2CCC(C)C(C)C2)n1. The summed E-state index contributed by atoms with van der Waals surface area (Å²) in [4.78, 5) is 4.18. The van der Waals surface area contributed by atoms with Gasteiger partial charge in [0.25, 0.3) is 0 Å². The van der Waals surface area contributed by atoms with Gasteiger partial charge in [-0.2, -0.15) is 13.2 Å². The quantitative estimate of drug-likeness (QED) is 0.870. The van der Waals surface area contributed by atoms with Gasteiger partial charge in [0.05, 0.1) is 5.56 Å². The number of anilines is 2. The van der Waals surface area contributed by atoms with Crippen LogP contribution in [0.2, 0.25) is 0 Å². The van der Waals surface area contributed by atoms with Gasteiger partial charge in [-0.25, -0.2) is 4.98 Å². The molecule has 0 aromatic carbocycles. The molecule has 2 rings (SSSR count). The summed E-state index contributed by atoms with van der Waals surface area (Å²) in [6.45, 7) is 4.42. The monoisotopic (exact) mass is 301 g/mol. The third kappa shape index (κ3) is 4.02. The molecule has 6 heteroatoms. The summed E-state index contributed by atoms with van der Waals surface area (Å²) in [5.41, 5.74) is -0.679. The van der Waals surface area contributed by atoms with E-state index in [1.54, 1.807) is 7.05 Å². The Morgan fingerprint density at radius 3 is 2.33 bits per heavy atom. The number of hydrogen-bond donors (Lipinski definition) is 2. The highest BCUT2D eigenvalue weighted by Crippen LogP contribution is 2.34. The minimum absolute atomic E-state index is 0.192. The van der Waals surface area contributed by atoms with Crippen molar-refractivity contribution in [3.8, 4) is 0 Å². The molecule has 0 saturated heterocycles. The fraction of sp³-hybridized carbons (Fsp3) is 0.667. The van der Waals surface area contributed by atoms with Crippen molar-refractivity contribution in [3.05, 3.63) is 17.7 Å². The van der Waals surface area contributed by atoms with Crippen molar-refractivity contribution >= 4 is 11.6 Å². The number of rotatable bonds is 3. The molecule has 1 aliphatic carbocycles. The van der Waals surface area contributed by atoms with E-state index < -0.39 is 11.7 Å². The Morgan fingerprint density at radius 1 is 1.10 bits per heavy atom. The summed E-state index contributed by atoms with van der Waals surface area (Å²) in [6, 6.07) is 2.30. The maximum absolute atomic E-state index is 12.9. The average molecular weight is 301 g/mol. The Morgan fingerprint density at radius 2 is 1.76 bits per heavy atom. The van der Waals surface area contributed by atoms with E-state index in [1.807, 2.05) is 0 Å². The van der Waals surface area contributed by atoms with Gasteiger partial charge in [-0.3, -0.25) is 0 Å². The fourth-order valence-electron chi connectivity index (χ4n) is 2.78. The molecule has 0 spiro atoms. The van der Waals surface area contributed by atoms with Gasteiger partial charge in [0, 0.05) is 13.1 Å².